The molecule has 8 nitrogen and oxygen atoms in total. The third kappa shape index (κ3) is 3.49. The maximum Gasteiger partial charge on any atom is 0.232 e. The lowest BCUT2D eigenvalue weighted by Crippen LogP contribution is -2.66. The molecule has 1 aliphatic heterocycles. The second-order valence-electron chi connectivity index (χ2n) is 9.21. The molecule has 2 fully saturated rings. The Morgan fingerprint density at radius 3 is 2.78 bits per heavy atom. The number of benzene rings is 1. The Bertz CT molecular complexity index is 1210. The van der Waals surface area contributed by atoms with Crippen LogP contribution in [0.1, 0.15) is 38.7 Å². The van der Waals surface area contributed by atoms with Gasteiger partial charge in [0.25, 0.3) is 0 Å². The lowest BCUT2D eigenvalue weighted by Gasteiger charge is -2.50. The molecule has 166 valence electrons. The molecule has 1 aliphatic carbocycles. The molecule has 0 bridgehead atoms. The number of nitrogens with one attached hydrogen (secondary N) is 3. The second kappa shape index (κ2) is 7.21. The number of anilines is 2. The molecule has 0 radical (unpaired) electrons. The van der Waals surface area contributed by atoms with Gasteiger partial charge in [-0.05, 0) is 56.5 Å². The van der Waals surface area contributed by atoms with Crippen molar-refractivity contribution in [3.05, 3.63) is 59.4 Å². The summed E-state index contributed by atoms with van der Waals surface area (Å²) in [7, 11) is 0. The first-order valence-electron chi connectivity index (χ1n) is 10.6. The van der Waals surface area contributed by atoms with Crippen LogP contribution in [-0.4, -0.2) is 43.1 Å². The van der Waals surface area contributed by atoms with Crippen LogP contribution in [0.4, 0.5) is 11.4 Å². The molecule has 1 atom stereocenters. The van der Waals surface area contributed by atoms with Gasteiger partial charge in [0, 0.05) is 24.1 Å². The zero-order valence-electron chi connectivity index (χ0n) is 17.9. The number of fused-ring (bicyclic) bond motifs is 1. The fourth-order valence-corrected chi connectivity index (χ4v) is 5.16. The number of halogens is 1. The monoisotopic (exact) mass is 452 g/mol. The second-order valence-corrected chi connectivity index (χ2v) is 9.59. The molecule has 9 heteroatoms. The van der Waals surface area contributed by atoms with E-state index in [9.17, 15) is 9.90 Å². The van der Waals surface area contributed by atoms with E-state index in [0.29, 0.717) is 23.6 Å². The SMILES string of the molecule is CC1(O)CC(N2C(=N)N[C@](C)(c3cccc(Nc4ccn5nccc5c4)c3Cl)CC2=O)C1. The molecule has 2 aliphatic rings. The highest BCUT2D eigenvalue weighted by Crippen LogP contribution is 2.41. The Kier molecular flexibility index (Phi) is 4.69. The smallest absolute Gasteiger partial charge is 0.232 e. The Balaban J connectivity index is 1.40. The van der Waals surface area contributed by atoms with E-state index in [1.807, 2.05) is 49.5 Å². The first-order valence-corrected chi connectivity index (χ1v) is 10.9. The molecule has 2 aromatic heterocycles. The van der Waals surface area contributed by atoms with Gasteiger partial charge in [0.1, 0.15) is 0 Å². The van der Waals surface area contributed by atoms with Gasteiger partial charge in [0.2, 0.25) is 5.91 Å². The molecule has 3 heterocycles. The van der Waals surface area contributed by atoms with Gasteiger partial charge in [-0.2, -0.15) is 5.10 Å². The summed E-state index contributed by atoms with van der Waals surface area (Å²) in [6.07, 6.45) is 4.72. The molecule has 4 N–H and O–H groups in total. The Labute approximate surface area is 190 Å². The fraction of sp³-hybridized carbons (Fsp3) is 0.348. The van der Waals surface area contributed by atoms with E-state index in [1.54, 1.807) is 17.6 Å². The number of guanidine groups is 1. The molecular formula is C23H25ClN6O2. The largest absolute Gasteiger partial charge is 0.390 e. The van der Waals surface area contributed by atoms with E-state index >= 15 is 0 Å². The summed E-state index contributed by atoms with van der Waals surface area (Å²) >= 11 is 6.80. The van der Waals surface area contributed by atoms with Crippen molar-refractivity contribution in [1.82, 2.24) is 19.8 Å². The summed E-state index contributed by atoms with van der Waals surface area (Å²) in [6.45, 7) is 3.64. The van der Waals surface area contributed by atoms with Gasteiger partial charge < -0.3 is 15.7 Å². The van der Waals surface area contributed by atoms with Crippen molar-refractivity contribution >= 4 is 40.4 Å². The average molecular weight is 453 g/mol. The van der Waals surface area contributed by atoms with Crippen LogP contribution in [0.5, 0.6) is 0 Å². The van der Waals surface area contributed by atoms with Crippen LogP contribution in [0.15, 0.2) is 48.8 Å². The van der Waals surface area contributed by atoms with Crippen LogP contribution in [0.3, 0.4) is 0 Å². The quantitative estimate of drug-likeness (QED) is 0.484. The summed E-state index contributed by atoms with van der Waals surface area (Å²) in [5.74, 6) is -0.0952. The average Bonchev–Trinajstić information content (AvgIpc) is 3.15. The number of aromatic nitrogens is 2. The number of hydrogen-bond donors (Lipinski definition) is 4. The van der Waals surface area contributed by atoms with E-state index in [-0.39, 0.29) is 24.3 Å². The Morgan fingerprint density at radius 1 is 1.28 bits per heavy atom. The number of nitrogens with zero attached hydrogens (tertiary/aromatic N) is 3. The summed E-state index contributed by atoms with van der Waals surface area (Å²) in [5, 5.41) is 29.8. The number of rotatable bonds is 4. The first-order chi connectivity index (χ1) is 15.2. The fourth-order valence-electron chi connectivity index (χ4n) is 4.77. The predicted octanol–water partition coefficient (Wildman–Crippen LogP) is 3.62. The van der Waals surface area contributed by atoms with Crippen LogP contribution in [0.2, 0.25) is 5.02 Å². The van der Waals surface area contributed by atoms with Crippen molar-refractivity contribution in [2.24, 2.45) is 0 Å². The number of carbonyl (C=O) groups excluding carboxylic acids is 1. The maximum atomic E-state index is 13.0. The maximum absolute atomic E-state index is 13.0. The zero-order chi connectivity index (χ0) is 22.7. The van der Waals surface area contributed by atoms with Gasteiger partial charge in [-0.25, -0.2) is 4.52 Å². The van der Waals surface area contributed by atoms with Crippen LogP contribution in [-0.2, 0) is 10.3 Å². The van der Waals surface area contributed by atoms with Crippen molar-refractivity contribution in [3.63, 3.8) is 0 Å². The number of pyridine rings is 1. The molecular weight excluding hydrogens is 428 g/mol. The van der Waals surface area contributed by atoms with Gasteiger partial charge in [-0.15, -0.1) is 0 Å². The van der Waals surface area contributed by atoms with Crippen molar-refractivity contribution in [1.29, 1.82) is 5.41 Å². The third-order valence-electron chi connectivity index (χ3n) is 6.40. The molecule has 1 aromatic carbocycles. The van der Waals surface area contributed by atoms with E-state index in [1.165, 1.54) is 4.90 Å². The minimum absolute atomic E-state index is 0.0462. The number of hydrogen-bond acceptors (Lipinski definition) is 5. The zero-order valence-corrected chi connectivity index (χ0v) is 18.6. The van der Waals surface area contributed by atoms with Crippen molar-refractivity contribution in [2.45, 2.75) is 50.3 Å². The van der Waals surface area contributed by atoms with Crippen molar-refractivity contribution in [2.75, 3.05) is 5.32 Å². The van der Waals surface area contributed by atoms with Gasteiger partial charge in [-0.3, -0.25) is 15.1 Å². The van der Waals surface area contributed by atoms with Gasteiger partial charge in [-0.1, -0.05) is 23.7 Å². The summed E-state index contributed by atoms with van der Waals surface area (Å²) in [6, 6.07) is 11.3. The Morgan fingerprint density at radius 2 is 2.06 bits per heavy atom. The van der Waals surface area contributed by atoms with Crippen molar-refractivity contribution in [3.8, 4) is 0 Å². The lowest BCUT2D eigenvalue weighted by molar-refractivity contribution is -0.139. The molecule has 1 saturated heterocycles. The number of carbonyl (C=O) groups is 1. The number of aliphatic hydroxyl groups is 1. The van der Waals surface area contributed by atoms with Crippen LogP contribution in [0, 0.1) is 5.41 Å². The molecule has 5 rings (SSSR count). The van der Waals surface area contributed by atoms with E-state index < -0.39 is 11.1 Å². The van der Waals surface area contributed by atoms with E-state index in [4.69, 9.17) is 17.0 Å². The highest BCUT2D eigenvalue weighted by Gasteiger charge is 2.49. The van der Waals surface area contributed by atoms with Crippen LogP contribution < -0.4 is 10.6 Å². The van der Waals surface area contributed by atoms with Crippen LogP contribution >= 0.6 is 11.6 Å². The van der Waals surface area contributed by atoms with Gasteiger partial charge in [0.15, 0.2) is 5.96 Å². The summed E-state index contributed by atoms with van der Waals surface area (Å²) in [5.41, 5.74) is 1.69. The standard InChI is InChI=1S/C23H25ClN6O2/c1-22(32)11-16(12-22)30-19(31)13-23(2,28-21(30)25)17-4-3-5-18(20(17)24)27-14-7-9-29-15(10-14)6-8-26-29/h3-10,16,27,32H,11-13H2,1-2H3,(H2,25,28)/t16?,22?,23-/m0/s1. The van der Waals surface area contributed by atoms with Crippen molar-refractivity contribution < 1.29 is 9.90 Å². The van der Waals surface area contributed by atoms with E-state index in [2.05, 4.69) is 15.7 Å². The molecule has 1 saturated carbocycles. The highest BCUT2D eigenvalue weighted by atomic mass is 35.5. The molecule has 0 unspecified atom stereocenters. The third-order valence-corrected chi connectivity index (χ3v) is 6.80. The summed E-state index contributed by atoms with van der Waals surface area (Å²) < 4.78 is 1.78. The Hall–Kier alpha value is -3.10. The molecule has 0 spiro atoms. The topological polar surface area (TPSA) is 106 Å². The lowest BCUT2D eigenvalue weighted by atomic mass is 9.75. The molecule has 1 amide bonds. The van der Waals surface area contributed by atoms with Crippen LogP contribution in [0.25, 0.3) is 5.52 Å². The minimum atomic E-state index is -0.818. The van der Waals surface area contributed by atoms with Gasteiger partial charge in [0.05, 0.1) is 33.8 Å². The number of amides is 1. The predicted molar refractivity (Wildman–Crippen MR) is 123 cm³/mol. The summed E-state index contributed by atoms with van der Waals surface area (Å²) in [4.78, 5) is 14.5. The molecule has 3 aromatic rings. The molecule has 32 heavy (non-hydrogen) atoms. The first kappa shape index (κ1) is 20.8. The van der Waals surface area contributed by atoms with Gasteiger partial charge >= 0.3 is 0 Å². The highest BCUT2D eigenvalue weighted by molar-refractivity contribution is 6.34. The van der Waals surface area contributed by atoms with E-state index in [0.717, 1.165) is 16.8 Å². The minimum Gasteiger partial charge on any atom is -0.390 e. The normalized spacial score (nSPS) is 27.9.